The molecule has 0 unspecified atom stereocenters. The zero-order valence-electron chi connectivity index (χ0n) is 7.62. The maximum atomic E-state index is 13.6. The van der Waals surface area contributed by atoms with Crippen LogP contribution in [0.3, 0.4) is 0 Å². The lowest BCUT2D eigenvalue weighted by Gasteiger charge is -2.04. The molecule has 0 saturated heterocycles. The Kier molecular flexibility index (Phi) is 1.96. The van der Waals surface area contributed by atoms with Gasteiger partial charge in [0.2, 0.25) is 0 Å². The van der Waals surface area contributed by atoms with Gasteiger partial charge in [-0.2, -0.15) is 0 Å². The highest BCUT2D eigenvalue weighted by atomic mass is 19.1. The molecule has 1 heterocycles. The highest BCUT2D eigenvalue weighted by Crippen LogP contribution is 2.25. The largest absolute Gasteiger partial charge is 0.494 e. The van der Waals surface area contributed by atoms with E-state index in [0.717, 1.165) is 0 Å². The Balaban J connectivity index is 2.79. The molecule has 0 aliphatic heterocycles. The number of hydrogen-bond acceptors (Lipinski definition) is 3. The van der Waals surface area contributed by atoms with E-state index in [1.54, 1.807) is 18.2 Å². The lowest BCUT2D eigenvalue weighted by molar-refractivity contribution is 0.389. The highest BCUT2D eigenvalue weighted by molar-refractivity contribution is 5.83. The van der Waals surface area contributed by atoms with Crippen LogP contribution in [0.25, 0.3) is 10.9 Å². The number of nitrogen functional groups attached to an aromatic ring is 1. The van der Waals surface area contributed by atoms with E-state index < -0.39 is 5.82 Å². The van der Waals surface area contributed by atoms with Crippen molar-refractivity contribution in [2.75, 3.05) is 12.8 Å². The van der Waals surface area contributed by atoms with Gasteiger partial charge < -0.3 is 10.5 Å². The molecule has 1 aromatic carbocycles. The van der Waals surface area contributed by atoms with Crippen LogP contribution in [-0.4, -0.2) is 12.1 Å². The van der Waals surface area contributed by atoms with Crippen LogP contribution >= 0.6 is 0 Å². The number of methoxy groups -OCH3 is 1. The summed E-state index contributed by atoms with van der Waals surface area (Å²) >= 11 is 0. The fourth-order valence-corrected chi connectivity index (χ4v) is 1.32. The summed E-state index contributed by atoms with van der Waals surface area (Å²) in [6.07, 6.45) is 1.49. The second-order valence-corrected chi connectivity index (χ2v) is 2.92. The van der Waals surface area contributed by atoms with Gasteiger partial charge in [-0.1, -0.05) is 0 Å². The van der Waals surface area contributed by atoms with Gasteiger partial charge in [0.05, 0.1) is 24.5 Å². The summed E-state index contributed by atoms with van der Waals surface area (Å²) in [5, 5.41) is 0.379. The molecule has 0 bridgehead atoms. The maximum absolute atomic E-state index is 13.6. The van der Waals surface area contributed by atoms with Gasteiger partial charge >= 0.3 is 0 Å². The van der Waals surface area contributed by atoms with Gasteiger partial charge in [0.25, 0.3) is 0 Å². The van der Waals surface area contributed by atoms with Crippen molar-refractivity contribution in [3.63, 3.8) is 0 Å². The molecular weight excluding hydrogens is 183 g/mol. The smallest absolute Gasteiger partial charge is 0.174 e. The van der Waals surface area contributed by atoms with Gasteiger partial charge in [-0.25, -0.2) is 4.39 Å². The van der Waals surface area contributed by atoms with Crippen LogP contribution in [0.15, 0.2) is 24.4 Å². The summed E-state index contributed by atoms with van der Waals surface area (Å²) in [7, 11) is 1.42. The zero-order valence-corrected chi connectivity index (χ0v) is 7.62. The SMILES string of the molecule is COc1ccc2ncc(N)cc2c1F. The molecule has 0 radical (unpaired) electrons. The number of fused-ring (bicyclic) bond motifs is 1. The van der Waals surface area contributed by atoms with Crippen molar-refractivity contribution in [3.8, 4) is 5.75 Å². The number of halogens is 1. The number of ether oxygens (including phenoxy) is 1. The summed E-state index contributed by atoms with van der Waals surface area (Å²) in [6.45, 7) is 0. The number of nitrogens with zero attached hydrogens (tertiary/aromatic N) is 1. The molecule has 0 amide bonds. The third-order valence-electron chi connectivity index (χ3n) is 2.00. The third kappa shape index (κ3) is 1.25. The molecule has 2 rings (SSSR count). The second kappa shape index (κ2) is 3.14. The average molecular weight is 192 g/mol. The van der Waals surface area contributed by atoms with Crippen molar-refractivity contribution in [1.29, 1.82) is 0 Å². The van der Waals surface area contributed by atoms with E-state index in [1.807, 2.05) is 0 Å². The molecular formula is C10H9FN2O. The van der Waals surface area contributed by atoms with Crippen molar-refractivity contribution in [3.05, 3.63) is 30.2 Å². The molecule has 0 fully saturated rings. The zero-order chi connectivity index (χ0) is 10.1. The molecule has 0 saturated carbocycles. The molecule has 2 N–H and O–H groups in total. The molecule has 2 aromatic rings. The minimum absolute atomic E-state index is 0.199. The van der Waals surface area contributed by atoms with Gasteiger partial charge in [0.15, 0.2) is 11.6 Å². The third-order valence-corrected chi connectivity index (χ3v) is 2.00. The molecule has 0 aliphatic carbocycles. The second-order valence-electron chi connectivity index (χ2n) is 2.92. The molecule has 4 heteroatoms. The Morgan fingerprint density at radius 1 is 1.43 bits per heavy atom. The number of aromatic nitrogens is 1. The Hall–Kier alpha value is -1.84. The van der Waals surface area contributed by atoms with Crippen molar-refractivity contribution in [2.24, 2.45) is 0 Å². The van der Waals surface area contributed by atoms with Crippen LogP contribution in [0.2, 0.25) is 0 Å². The molecule has 72 valence electrons. The predicted octanol–water partition coefficient (Wildman–Crippen LogP) is 1.96. The molecule has 3 nitrogen and oxygen atoms in total. The van der Waals surface area contributed by atoms with Crippen LogP contribution in [0.4, 0.5) is 10.1 Å². The average Bonchev–Trinajstić information content (AvgIpc) is 2.20. The Morgan fingerprint density at radius 2 is 2.21 bits per heavy atom. The van der Waals surface area contributed by atoms with Gasteiger partial charge in [0, 0.05) is 5.39 Å². The number of nitrogens with two attached hydrogens (primary N) is 1. The van der Waals surface area contributed by atoms with Crippen LogP contribution in [0.5, 0.6) is 5.75 Å². The Labute approximate surface area is 80.3 Å². The predicted molar refractivity (Wildman–Crippen MR) is 52.7 cm³/mol. The maximum Gasteiger partial charge on any atom is 0.174 e. The highest BCUT2D eigenvalue weighted by Gasteiger charge is 2.08. The van der Waals surface area contributed by atoms with Crippen LogP contribution in [0, 0.1) is 5.82 Å². The van der Waals surface area contributed by atoms with E-state index in [2.05, 4.69) is 4.98 Å². The monoisotopic (exact) mass is 192 g/mol. The number of hydrogen-bond donors (Lipinski definition) is 1. The van der Waals surface area contributed by atoms with Gasteiger partial charge in [-0.3, -0.25) is 4.98 Å². The molecule has 0 aliphatic rings. The van der Waals surface area contributed by atoms with Crippen molar-refractivity contribution < 1.29 is 9.13 Å². The van der Waals surface area contributed by atoms with E-state index in [4.69, 9.17) is 10.5 Å². The Morgan fingerprint density at radius 3 is 2.93 bits per heavy atom. The van der Waals surface area contributed by atoms with Crippen LogP contribution in [0.1, 0.15) is 0 Å². The summed E-state index contributed by atoms with van der Waals surface area (Å²) in [5.74, 6) is -0.227. The first kappa shape index (κ1) is 8.74. The number of anilines is 1. The quantitative estimate of drug-likeness (QED) is 0.751. The van der Waals surface area contributed by atoms with Gasteiger partial charge in [0.1, 0.15) is 0 Å². The summed E-state index contributed by atoms with van der Waals surface area (Å²) in [4.78, 5) is 4.00. The standard InChI is InChI=1S/C10H9FN2O/c1-14-9-3-2-8-7(10(9)11)4-6(12)5-13-8/h2-5H,12H2,1H3. The van der Waals surface area contributed by atoms with Gasteiger partial charge in [-0.05, 0) is 18.2 Å². The fraction of sp³-hybridized carbons (Fsp3) is 0.100. The van der Waals surface area contributed by atoms with E-state index in [9.17, 15) is 4.39 Å². The first-order valence-corrected chi connectivity index (χ1v) is 4.10. The molecule has 1 aromatic heterocycles. The van der Waals surface area contributed by atoms with Crippen LogP contribution < -0.4 is 10.5 Å². The minimum atomic E-state index is -0.426. The van der Waals surface area contributed by atoms with E-state index in [1.165, 1.54) is 13.3 Å². The van der Waals surface area contributed by atoms with E-state index >= 15 is 0 Å². The first-order valence-electron chi connectivity index (χ1n) is 4.10. The van der Waals surface area contributed by atoms with Crippen molar-refractivity contribution >= 4 is 16.6 Å². The summed E-state index contributed by atoms with van der Waals surface area (Å²) in [6, 6.07) is 4.78. The lowest BCUT2D eigenvalue weighted by Crippen LogP contribution is -1.92. The van der Waals surface area contributed by atoms with Crippen molar-refractivity contribution in [2.45, 2.75) is 0 Å². The fourth-order valence-electron chi connectivity index (χ4n) is 1.32. The number of rotatable bonds is 1. The molecule has 0 atom stereocenters. The lowest BCUT2D eigenvalue weighted by atomic mass is 10.2. The van der Waals surface area contributed by atoms with E-state index in [0.29, 0.717) is 16.6 Å². The van der Waals surface area contributed by atoms with E-state index in [-0.39, 0.29) is 5.75 Å². The van der Waals surface area contributed by atoms with Crippen LogP contribution in [-0.2, 0) is 0 Å². The molecule has 0 spiro atoms. The normalized spacial score (nSPS) is 10.4. The topological polar surface area (TPSA) is 48.1 Å². The minimum Gasteiger partial charge on any atom is -0.494 e. The number of benzene rings is 1. The Bertz CT molecular complexity index is 485. The summed E-state index contributed by atoms with van der Waals surface area (Å²) in [5.41, 5.74) is 6.52. The summed E-state index contributed by atoms with van der Waals surface area (Å²) < 4.78 is 18.5. The van der Waals surface area contributed by atoms with Gasteiger partial charge in [-0.15, -0.1) is 0 Å². The number of pyridine rings is 1. The van der Waals surface area contributed by atoms with Crippen molar-refractivity contribution in [1.82, 2.24) is 4.98 Å². The molecule has 14 heavy (non-hydrogen) atoms. The first-order chi connectivity index (χ1) is 6.72.